The molecule has 1 N–H and O–H groups in total. The van der Waals surface area contributed by atoms with Crippen LogP contribution in [0.1, 0.15) is 31.2 Å². The Labute approximate surface area is 130 Å². The number of ether oxygens (including phenoxy) is 1. The first-order chi connectivity index (χ1) is 9.79. The van der Waals surface area contributed by atoms with Gasteiger partial charge in [-0.05, 0) is 61.6 Å². The molecule has 20 heavy (non-hydrogen) atoms. The summed E-state index contributed by atoms with van der Waals surface area (Å²) in [6, 6.07) is 9.43. The third-order valence-electron chi connectivity index (χ3n) is 4.09. The first-order valence-corrected chi connectivity index (χ1v) is 8.64. The van der Waals surface area contributed by atoms with Gasteiger partial charge in [0.2, 0.25) is 0 Å². The summed E-state index contributed by atoms with van der Waals surface area (Å²) in [5, 5.41) is 3.65. The summed E-state index contributed by atoms with van der Waals surface area (Å²) in [5.41, 5.74) is 1.40. The Morgan fingerprint density at radius 3 is 2.80 bits per heavy atom. The Bertz CT molecular complexity index is 429. The smallest absolute Gasteiger partial charge is 0.0509 e. The second-order valence-corrected chi connectivity index (χ2v) is 7.28. The van der Waals surface area contributed by atoms with Crippen LogP contribution >= 0.6 is 15.9 Å². The molecule has 3 rings (SSSR count). The molecule has 2 saturated carbocycles. The third kappa shape index (κ3) is 5.19. The molecule has 0 radical (unpaired) electrons. The summed E-state index contributed by atoms with van der Waals surface area (Å²) >= 11 is 3.56. The van der Waals surface area contributed by atoms with Gasteiger partial charge in [0.25, 0.3) is 0 Å². The number of benzene rings is 1. The van der Waals surface area contributed by atoms with Crippen LogP contribution in [-0.4, -0.2) is 25.8 Å². The van der Waals surface area contributed by atoms with Gasteiger partial charge >= 0.3 is 0 Å². The predicted octanol–water partition coefficient (Wildman–Crippen LogP) is 3.79. The minimum Gasteiger partial charge on any atom is -0.381 e. The van der Waals surface area contributed by atoms with Gasteiger partial charge in [0, 0.05) is 23.7 Å². The molecule has 1 atom stereocenters. The molecular weight excluding hydrogens is 314 g/mol. The fraction of sp³-hybridized carbons (Fsp3) is 0.647. The predicted molar refractivity (Wildman–Crippen MR) is 85.9 cm³/mol. The summed E-state index contributed by atoms with van der Waals surface area (Å²) in [4.78, 5) is 0. The van der Waals surface area contributed by atoms with Gasteiger partial charge in [-0.2, -0.15) is 0 Å². The second kappa shape index (κ2) is 7.06. The number of halogens is 1. The molecule has 0 heterocycles. The monoisotopic (exact) mass is 337 g/mol. The van der Waals surface area contributed by atoms with E-state index in [2.05, 4.69) is 45.5 Å². The van der Waals surface area contributed by atoms with E-state index < -0.39 is 0 Å². The zero-order chi connectivity index (χ0) is 13.8. The second-order valence-electron chi connectivity index (χ2n) is 6.36. The highest BCUT2D eigenvalue weighted by Gasteiger charge is 2.24. The lowest BCUT2D eigenvalue weighted by Crippen LogP contribution is -2.29. The summed E-state index contributed by atoms with van der Waals surface area (Å²) in [7, 11) is 0. The molecule has 2 aliphatic rings. The fourth-order valence-electron chi connectivity index (χ4n) is 2.49. The van der Waals surface area contributed by atoms with Gasteiger partial charge in [0.1, 0.15) is 0 Å². The maximum Gasteiger partial charge on any atom is 0.0509 e. The van der Waals surface area contributed by atoms with E-state index in [1.165, 1.54) is 35.7 Å². The van der Waals surface area contributed by atoms with Crippen molar-refractivity contribution >= 4 is 15.9 Å². The summed E-state index contributed by atoms with van der Waals surface area (Å²) in [5.74, 6) is 1.45. The van der Waals surface area contributed by atoms with E-state index >= 15 is 0 Å². The minimum atomic E-state index is 0.587. The van der Waals surface area contributed by atoms with Gasteiger partial charge in [0.15, 0.2) is 0 Å². The van der Waals surface area contributed by atoms with Crippen LogP contribution in [0, 0.1) is 11.8 Å². The molecule has 3 heteroatoms. The average Bonchev–Trinajstić information content (AvgIpc) is 3.30. The van der Waals surface area contributed by atoms with Gasteiger partial charge in [-0.1, -0.05) is 28.1 Å². The molecule has 1 aromatic rings. The summed E-state index contributed by atoms with van der Waals surface area (Å²) < 4.78 is 7.09. The molecule has 2 fully saturated rings. The Morgan fingerprint density at radius 2 is 2.10 bits per heavy atom. The minimum absolute atomic E-state index is 0.587. The summed E-state index contributed by atoms with van der Waals surface area (Å²) in [6.45, 7) is 2.95. The quantitative estimate of drug-likeness (QED) is 0.740. The Kier molecular flexibility index (Phi) is 5.14. The largest absolute Gasteiger partial charge is 0.381 e. The molecular formula is C17H24BrNO. The van der Waals surface area contributed by atoms with Gasteiger partial charge in [-0.15, -0.1) is 0 Å². The normalized spacial score (nSPS) is 20.1. The topological polar surface area (TPSA) is 21.3 Å². The molecule has 0 amide bonds. The lowest BCUT2D eigenvalue weighted by molar-refractivity contribution is 0.0906. The highest BCUT2D eigenvalue weighted by Crippen LogP contribution is 2.29. The molecule has 0 aliphatic heterocycles. The molecule has 0 aromatic heterocycles. The lowest BCUT2D eigenvalue weighted by atomic mass is 10.00. The maximum atomic E-state index is 5.92. The zero-order valence-electron chi connectivity index (χ0n) is 12.0. The van der Waals surface area contributed by atoms with Crippen LogP contribution in [-0.2, 0) is 11.2 Å². The first kappa shape index (κ1) is 14.6. The maximum absolute atomic E-state index is 5.92. The van der Waals surface area contributed by atoms with Gasteiger partial charge in [-0.25, -0.2) is 0 Å². The highest BCUT2D eigenvalue weighted by atomic mass is 79.9. The fourth-order valence-corrected chi connectivity index (χ4v) is 2.94. The first-order valence-electron chi connectivity index (χ1n) is 7.85. The molecule has 110 valence electrons. The van der Waals surface area contributed by atoms with E-state index in [-0.39, 0.29) is 0 Å². The third-order valence-corrected chi connectivity index (χ3v) is 4.58. The molecule has 2 nitrogen and oxygen atoms in total. The van der Waals surface area contributed by atoms with E-state index in [0.717, 1.165) is 38.1 Å². The van der Waals surface area contributed by atoms with Gasteiger partial charge < -0.3 is 10.1 Å². The van der Waals surface area contributed by atoms with E-state index in [1.807, 2.05) is 0 Å². The molecule has 2 aliphatic carbocycles. The molecule has 1 unspecified atom stereocenters. The van der Waals surface area contributed by atoms with Gasteiger partial charge in [-0.3, -0.25) is 0 Å². The van der Waals surface area contributed by atoms with E-state index in [1.54, 1.807) is 0 Å². The average molecular weight is 338 g/mol. The van der Waals surface area contributed by atoms with Crippen molar-refractivity contribution in [2.45, 2.75) is 38.1 Å². The van der Waals surface area contributed by atoms with Crippen LogP contribution < -0.4 is 5.32 Å². The van der Waals surface area contributed by atoms with Gasteiger partial charge in [0.05, 0.1) is 6.61 Å². The molecule has 0 spiro atoms. The molecule has 0 bridgehead atoms. The van der Waals surface area contributed by atoms with Crippen LogP contribution in [0.3, 0.4) is 0 Å². The van der Waals surface area contributed by atoms with Crippen LogP contribution in [0.25, 0.3) is 0 Å². The number of rotatable bonds is 9. The SMILES string of the molecule is Brc1cccc(CC(CNC2CC2)COCC2CC2)c1. The van der Waals surface area contributed by atoms with Crippen LogP contribution in [0.5, 0.6) is 0 Å². The van der Waals surface area contributed by atoms with E-state index in [4.69, 9.17) is 4.74 Å². The van der Waals surface area contributed by atoms with Crippen molar-refractivity contribution in [3.8, 4) is 0 Å². The number of nitrogens with one attached hydrogen (secondary N) is 1. The van der Waals surface area contributed by atoms with Crippen LogP contribution in [0.2, 0.25) is 0 Å². The van der Waals surface area contributed by atoms with E-state index in [9.17, 15) is 0 Å². The lowest BCUT2D eigenvalue weighted by Gasteiger charge is -2.18. The molecule has 0 saturated heterocycles. The number of hydrogen-bond acceptors (Lipinski definition) is 2. The Hall–Kier alpha value is -0.380. The number of hydrogen-bond donors (Lipinski definition) is 1. The summed E-state index contributed by atoms with van der Waals surface area (Å²) in [6.07, 6.45) is 6.55. The molecule has 1 aromatic carbocycles. The Morgan fingerprint density at radius 1 is 1.25 bits per heavy atom. The van der Waals surface area contributed by atoms with Crippen LogP contribution in [0.15, 0.2) is 28.7 Å². The zero-order valence-corrected chi connectivity index (χ0v) is 13.6. The van der Waals surface area contributed by atoms with Crippen molar-refractivity contribution in [2.24, 2.45) is 11.8 Å². The van der Waals surface area contributed by atoms with E-state index in [0.29, 0.717) is 5.92 Å². The Balaban J connectivity index is 1.48. The van der Waals surface area contributed by atoms with Crippen molar-refractivity contribution in [1.29, 1.82) is 0 Å². The van der Waals surface area contributed by atoms with Crippen LogP contribution in [0.4, 0.5) is 0 Å². The van der Waals surface area contributed by atoms with Crippen molar-refractivity contribution in [2.75, 3.05) is 19.8 Å². The van der Waals surface area contributed by atoms with Crippen molar-refractivity contribution < 1.29 is 4.74 Å². The van der Waals surface area contributed by atoms with Crippen molar-refractivity contribution in [1.82, 2.24) is 5.32 Å². The van der Waals surface area contributed by atoms with Crippen molar-refractivity contribution in [3.05, 3.63) is 34.3 Å². The van der Waals surface area contributed by atoms with Crippen molar-refractivity contribution in [3.63, 3.8) is 0 Å². The standard InChI is InChI=1S/C17H24BrNO/c18-16-3-1-2-14(9-16)8-15(10-19-17-6-7-17)12-20-11-13-4-5-13/h1-3,9,13,15,17,19H,4-8,10-12H2. The highest BCUT2D eigenvalue weighted by molar-refractivity contribution is 9.10.